The number of carboxylic acids is 1. The Morgan fingerprint density at radius 3 is 2.57 bits per heavy atom. The van der Waals surface area contributed by atoms with Gasteiger partial charge in [0.2, 0.25) is 0 Å². The van der Waals surface area contributed by atoms with Crippen LogP contribution in [-0.4, -0.2) is 27.6 Å². The molecule has 1 aromatic rings. The second-order valence-electron chi connectivity index (χ2n) is 5.77. The van der Waals surface area contributed by atoms with Crippen LogP contribution in [-0.2, 0) is 17.6 Å². The fraction of sp³-hybridized carbons (Fsp3) is 0.643. The summed E-state index contributed by atoms with van der Waals surface area (Å²) in [7, 11) is 0. The zero-order valence-corrected chi connectivity index (χ0v) is 12.6. The average Bonchev–Trinajstić information content (AvgIpc) is 3.00. The van der Waals surface area contributed by atoms with Crippen LogP contribution in [0.25, 0.3) is 0 Å². The molecule has 0 radical (unpaired) electrons. The molecule has 3 rings (SSSR count). The minimum absolute atomic E-state index is 0.466. The van der Waals surface area contributed by atoms with Crippen molar-refractivity contribution in [2.75, 3.05) is 5.32 Å². The van der Waals surface area contributed by atoms with Crippen molar-refractivity contribution in [3.05, 3.63) is 10.6 Å². The van der Waals surface area contributed by atoms with Crippen LogP contribution >= 0.6 is 11.3 Å². The van der Waals surface area contributed by atoms with Gasteiger partial charge in [-0.1, -0.05) is 19.3 Å². The normalized spacial score (nSPS) is 19.8. The maximum atomic E-state index is 12.1. The number of aryl methyl sites for hydroxylation is 2. The first-order chi connectivity index (χ1) is 10.1. The summed E-state index contributed by atoms with van der Waals surface area (Å²) in [4.78, 5) is 29.2. The second-order valence-corrected chi connectivity index (χ2v) is 6.85. The molecule has 2 aliphatic rings. The van der Waals surface area contributed by atoms with Crippen LogP contribution < -0.4 is 10.6 Å². The van der Waals surface area contributed by atoms with Gasteiger partial charge in [-0.2, -0.15) is 0 Å². The number of amides is 2. The molecular formula is C14H19N3O3S. The summed E-state index contributed by atoms with van der Waals surface area (Å²) in [6.07, 6.45) is 6.79. The molecule has 1 saturated carbocycles. The standard InChI is InChI=1S/C14H19N3O3S/c18-11(19)14(7-2-1-3-8-14)17-12(20)16-13-15-9-5-4-6-10(9)21-13/h1-8H2,(H,18,19)(H2,15,16,17,20). The molecule has 6 nitrogen and oxygen atoms in total. The number of anilines is 1. The smallest absolute Gasteiger partial charge is 0.329 e. The Hall–Kier alpha value is -1.63. The third-order valence-electron chi connectivity index (χ3n) is 4.29. The summed E-state index contributed by atoms with van der Waals surface area (Å²) in [5.41, 5.74) is -0.0524. The number of aromatic nitrogens is 1. The molecular weight excluding hydrogens is 290 g/mol. The first-order valence-electron chi connectivity index (χ1n) is 7.40. The lowest BCUT2D eigenvalue weighted by Gasteiger charge is -2.33. The van der Waals surface area contributed by atoms with E-state index in [0.717, 1.165) is 44.2 Å². The highest BCUT2D eigenvalue weighted by molar-refractivity contribution is 7.15. The van der Waals surface area contributed by atoms with Gasteiger partial charge in [0, 0.05) is 4.88 Å². The highest BCUT2D eigenvalue weighted by atomic mass is 32.1. The van der Waals surface area contributed by atoms with E-state index in [1.54, 1.807) is 0 Å². The molecule has 1 heterocycles. The summed E-state index contributed by atoms with van der Waals surface area (Å²) in [6.45, 7) is 0. The number of carbonyl (C=O) groups excluding carboxylic acids is 1. The molecule has 0 spiro atoms. The Morgan fingerprint density at radius 2 is 1.90 bits per heavy atom. The number of nitrogens with one attached hydrogen (secondary N) is 2. The van der Waals surface area contributed by atoms with E-state index in [9.17, 15) is 14.7 Å². The van der Waals surface area contributed by atoms with Gasteiger partial charge in [-0.15, -0.1) is 11.3 Å². The molecule has 7 heteroatoms. The van der Waals surface area contributed by atoms with E-state index in [1.807, 2.05) is 0 Å². The Balaban J connectivity index is 1.65. The number of thiazole rings is 1. The maximum absolute atomic E-state index is 12.1. The van der Waals surface area contributed by atoms with Gasteiger partial charge in [0.1, 0.15) is 5.54 Å². The number of carbonyl (C=O) groups is 2. The van der Waals surface area contributed by atoms with E-state index >= 15 is 0 Å². The van der Waals surface area contributed by atoms with Crippen molar-refractivity contribution in [2.24, 2.45) is 0 Å². The number of urea groups is 1. The Labute approximate surface area is 127 Å². The summed E-state index contributed by atoms with van der Waals surface area (Å²) in [5, 5.41) is 15.4. The maximum Gasteiger partial charge on any atom is 0.329 e. The monoisotopic (exact) mass is 309 g/mol. The molecule has 2 aliphatic carbocycles. The number of hydrogen-bond donors (Lipinski definition) is 3. The van der Waals surface area contributed by atoms with Crippen LogP contribution in [0.15, 0.2) is 0 Å². The third kappa shape index (κ3) is 2.88. The van der Waals surface area contributed by atoms with Crippen LogP contribution in [0.3, 0.4) is 0 Å². The van der Waals surface area contributed by atoms with Gasteiger partial charge in [-0.05, 0) is 32.1 Å². The number of hydrogen-bond acceptors (Lipinski definition) is 4. The van der Waals surface area contributed by atoms with Crippen LogP contribution in [0.5, 0.6) is 0 Å². The van der Waals surface area contributed by atoms with Crippen LogP contribution in [0, 0.1) is 0 Å². The quantitative estimate of drug-likeness (QED) is 0.800. The zero-order chi connectivity index (χ0) is 14.9. The van der Waals surface area contributed by atoms with Crippen molar-refractivity contribution in [1.29, 1.82) is 0 Å². The van der Waals surface area contributed by atoms with E-state index in [-0.39, 0.29) is 0 Å². The molecule has 0 bridgehead atoms. The molecule has 3 N–H and O–H groups in total. The lowest BCUT2D eigenvalue weighted by molar-refractivity contribution is -0.145. The molecule has 0 atom stereocenters. The van der Waals surface area contributed by atoms with Crippen LogP contribution in [0.2, 0.25) is 0 Å². The number of aliphatic carboxylic acids is 1. The lowest BCUT2D eigenvalue weighted by atomic mass is 9.82. The Kier molecular flexibility index (Phi) is 3.84. The predicted molar refractivity (Wildman–Crippen MR) is 79.7 cm³/mol. The Morgan fingerprint density at radius 1 is 1.14 bits per heavy atom. The molecule has 0 unspecified atom stereocenters. The van der Waals surface area contributed by atoms with Crippen LogP contribution in [0.4, 0.5) is 9.93 Å². The number of fused-ring (bicyclic) bond motifs is 1. The highest BCUT2D eigenvalue weighted by Gasteiger charge is 2.41. The van der Waals surface area contributed by atoms with Crippen molar-refractivity contribution in [3.8, 4) is 0 Å². The number of nitrogens with zero attached hydrogens (tertiary/aromatic N) is 1. The van der Waals surface area contributed by atoms with Crippen molar-refractivity contribution in [1.82, 2.24) is 10.3 Å². The van der Waals surface area contributed by atoms with E-state index in [2.05, 4.69) is 15.6 Å². The minimum Gasteiger partial charge on any atom is -0.480 e. The first-order valence-corrected chi connectivity index (χ1v) is 8.22. The van der Waals surface area contributed by atoms with E-state index < -0.39 is 17.5 Å². The van der Waals surface area contributed by atoms with Gasteiger partial charge in [0.25, 0.3) is 0 Å². The van der Waals surface area contributed by atoms with Crippen molar-refractivity contribution < 1.29 is 14.7 Å². The topological polar surface area (TPSA) is 91.3 Å². The van der Waals surface area contributed by atoms with E-state index in [4.69, 9.17) is 0 Å². The van der Waals surface area contributed by atoms with Crippen molar-refractivity contribution in [2.45, 2.75) is 56.9 Å². The third-order valence-corrected chi connectivity index (χ3v) is 5.36. The molecule has 1 fully saturated rings. The van der Waals surface area contributed by atoms with Gasteiger partial charge in [0.05, 0.1) is 5.69 Å². The molecule has 1 aromatic heterocycles. The van der Waals surface area contributed by atoms with E-state index in [1.165, 1.54) is 16.2 Å². The summed E-state index contributed by atoms with van der Waals surface area (Å²) >= 11 is 1.49. The lowest BCUT2D eigenvalue weighted by Crippen LogP contribution is -2.56. The van der Waals surface area contributed by atoms with E-state index in [0.29, 0.717) is 18.0 Å². The van der Waals surface area contributed by atoms with Gasteiger partial charge >= 0.3 is 12.0 Å². The van der Waals surface area contributed by atoms with Gasteiger partial charge in [-0.25, -0.2) is 14.6 Å². The summed E-state index contributed by atoms with van der Waals surface area (Å²) in [6, 6.07) is -0.466. The molecule has 0 aromatic carbocycles. The zero-order valence-electron chi connectivity index (χ0n) is 11.8. The molecule has 114 valence electrons. The van der Waals surface area contributed by atoms with Crippen molar-refractivity contribution in [3.63, 3.8) is 0 Å². The SMILES string of the molecule is O=C(Nc1nc2c(s1)CCC2)NC1(C(=O)O)CCCCC1. The second kappa shape index (κ2) is 5.63. The van der Waals surface area contributed by atoms with Gasteiger partial charge < -0.3 is 10.4 Å². The van der Waals surface area contributed by atoms with Crippen LogP contribution in [0.1, 0.15) is 49.1 Å². The van der Waals surface area contributed by atoms with Gasteiger partial charge in [0.15, 0.2) is 5.13 Å². The molecule has 0 saturated heterocycles. The largest absolute Gasteiger partial charge is 0.480 e. The number of rotatable bonds is 3. The first kappa shape index (κ1) is 14.3. The molecule has 21 heavy (non-hydrogen) atoms. The molecule has 2 amide bonds. The fourth-order valence-electron chi connectivity index (χ4n) is 3.14. The highest BCUT2D eigenvalue weighted by Crippen LogP contribution is 2.31. The minimum atomic E-state index is -1.12. The molecule has 0 aliphatic heterocycles. The number of carboxylic acid groups (broad SMARTS) is 1. The predicted octanol–water partition coefficient (Wildman–Crippen LogP) is 2.54. The fourth-order valence-corrected chi connectivity index (χ4v) is 4.18. The van der Waals surface area contributed by atoms with Gasteiger partial charge in [-0.3, -0.25) is 5.32 Å². The summed E-state index contributed by atoms with van der Waals surface area (Å²) in [5.74, 6) is -0.945. The van der Waals surface area contributed by atoms with Crippen molar-refractivity contribution >= 4 is 28.5 Å². The average molecular weight is 309 g/mol. The Bertz CT molecular complexity index is 542. The summed E-state index contributed by atoms with van der Waals surface area (Å²) < 4.78 is 0.